The Hall–Kier alpha value is -2.21. The van der Waals surface area contributed by atoms with Gasteiger partial charge in [0.25, 0.3) is 0 Å². The number of benzene rings is 1. The second-order valence-corrected chi connectivity index (χ2v) is 4.81. The zero-order valence-electron chi connectivity index (χ0n) is 11.6. The SMILES string of the molecule is COc1ccc(NC(=O)/C=C/c2ccc(Br)o2)c(OC)c1. The van der Waals surface area contributed by atoms with Crippen molar-refractivity contribution < 1.29 is 18.7 Å². The summed E-state index contributed by atoms with van der Waals surface area (Å²) in [5.41, 5.74) is 0.563. The summed E-state index contributed by atoms with van der Waals surface area (Å²) in [4.78, 5) is 11.9. The Morgan fingerprint density at radius 2 is 2.05 bits per heavy atom. The summed E-state index contributed by atoms with van der Waals surface area (Å²) in [6.45, 7) is 0. The summed E-state index contributed by atoms with van der Waals surface area (Å²) in [7, 11) is 3.10. The van der Waals surface area contributed by atoms with Crippen LogP contribution in [0.1, 0.15) is 5.76 Å². The third-order valence-electron chi connectivity index (χ3n) is 2.66. The molecule has 1 aromatic heterocycles. The van der Waals surface area contributed by atoms with Gasteiger partial charge in [0.2, 0.25) is 5.91 Å². The second-order valence-electron chi connectivity index (χ2n) is 4.03. The lowest BCUT2D eigenvalue weighted by Gasteiger charge is -2.10. The predicted octanol–water partition coefficient (Wildman–Crippen LogP) is 3.71. The predicted molar refractivity (Wildman–Crippen MR) is 83.6 cm³/mol. The fourth-order valence-corrected chi connectivity index (χ4v) is 1.97. The van der Waals surface area contributed by atoms with Crippen LogP contribution in [0.4, 0.5) is 5.69 Å². The monoisotopic (exact) mass is 351 g/mol. The number of anilines is 1. The third kappa shape index (κ3) is 4.13. The summed E-state index contributed by atoms with van der Waals surface area (Å²) in [6.07, 6.45) is 2.96. The molecule has 1 amide bonds. The second kappa shape index (κ2) is 6.99. The van der Waals surface area contributed by atoms with Crippen molar-refractivity contribution >= 4 is 33.6 Å². The van der Waals surface area contributed by atoms with Crippen molar-refractivity contribution in [2.45, 2.75) is 0 Å². The Bertz CT molecular complexity index is 663. The molecule has 0 aliphatic heterocycles. The summed E-state index contributed by atoms with van der Waals surface area (Å²) < 4.78 is 16.2. The number of amides is 1. The zero-order valence-corrected chi connectivity index (χ0v) is 13.1. The number of rotatable bonds is 5. The van der Waals surface area contributed by atoms with Crippen molar-refractivity contribution in [1.82, 2.24) is 0 Å². The van der Waals surface area contributed by atoms with Gasteiger partial charge in [0.15, 0.2) is 4.67 Å². The molecular weight excluding hydrogens is 338 g/mol. The number of carbonyl (C=O) groups is 1. The first kappa shape index (κ1) is 15.2. The van der Waals surface area contributed by atoms with Crippen LogP contribution in [-0.4, -0.2) is 20.1 Å². The van der Waals surface area contributed by atoms with E-state index < -0.39 is 0 Å². The molecule has 0 aliphatic rings. The van der Waals surface area contributed by atoms with Crippen LogP contribution in [0.25, 0.3) is 6.08 Å². The lowest BCUT2D eigenvalue weighted by molar-refractivity contribution is -0.111. The molecule has 1 aromatic carbocycles. The summed E-state index contributed by atoms with van der Waals surface area (Å²) in [5, 5.41) is 2.73. The molecule has 110 valence electrons. The van der Waals surface area contributed by atoms with E-state index in [1.54, 1.807) is 43.5 Å². The molecule has 0 radical (unpaired) electrons. The first-order valence-corrected chi connectivity index (χ1v) is 6.88. The van der Waals surface area contributed by atoms with Crippen molar-refractivity contribution in [3.63, 3.8) is 0 Å². The molecule has 5 nitrogen and oxygen atoms in total. The van der Waals surface area contributed by atoms with Crippen LogP contribution >= 0.6 is 15.9 Å². The van der Waals surface area contributed by atoms with E-state index in [4.69, 9.17) is 13.9 Å². The van der Waals surface area contributed by atoms with E-state index in [1.165, 1.54) is 13.2 Å². The number of carbonyl (C=O) groups excluding carboxylic acids is 1. The van der Waals surface area contributed by atoms with Gasteiger partial charge in [-0.15, -0.1) is 0 Å². The van der Waals surface area contributed by atoms with Crippen LogP contribution in [0.3, 0.4) is 0 Å². The Labute approximate surface area is 130 Å². The molecule has 2 aromatic rings. The molecule has 0 saturated carbocycles. The van der Waals surface area contributed by atoms with Gasteiger partial charge in [0, 0.05) is 12.1 Å². The topological polar surface area (TPSA) is 60.7 Å². The Balaban J connectivity index is 2.07. The number of hydrogen-bond donors (Lipinski definition) is 1. The van der Waals surface area contributed by atoms with Crippen LogP contribution in [0.5, 0.6) is 11.5 Å². The minimum absolute atomic E-state index is 0.286. The highest BCUT2D eigenvalue weighted by Crippen LogP contribution is 2.29. The highest BCUT2D eigenvalue weighted by molar-refractivity contribution is 9.10. The average molecular weight is 352 g/mol. The van der Waals surface area contributed by atoms with Crippen molar-refractivity contribution in [2.75, 3.05) is 19.5 Å². The van der Waals surface area contributed by atoms with Crippen LogP contribution < -0.4 is 14.8 Å². The lowest BCUT2D eigenvalue weighted by atomic mass is 10.2. The fourth-order valence-electron chi connectivity index (χ4n) is 1.65. The third-order valence-corrected chi connectivity index (χ3v) is 3.09. The summed E-state index contributed by atoms with van der Waals surface area (Å²) in [6, 6.07) is 8.66. The van der Waals surface area contributed by atoms with Gasteiger partial charge < -0.3 is 19.2 Å². The molecule has 0 spiro atoms. The van der Waals surface area contributed by atoms with Gasteiger partial charge in [-0.1, -0.05) is 0 Å². The average Bonchev–Trinajstić information content (AvgIpc) is 2.91. The Morgan fingerprint density at radius 3 is 2.67 bits per heavy atom. The van der Waals surface area contributed by atoms with E-state index >= 15 is 0 Å². The molecule has 0 atom stereocenters. The van der Waals surface area contributed by atoms with E-state index in [-0.39, 0.29) is 5.91 Å². The maximum Gasteiger partial charge on any atom is 0.248 e. The van der Waals surface area contributed by atoms with Crippen molar-refractivity contribution in [1.29, 1.82) is 0 Å². The Morgan fingerprint density at radius 1 is 1.24 bits per heavy atom. The molecule has 1 N–H and O–H groups in total. The summed E-state index contributed by atoms with van der Waals surface area (Å²) >= 11 is 3.20. The summed E-state index contributed by atoms with van der Waals surface area (Å²) in [5.74, 6) is 1.47. The minimum Gasteiger partial charge on any atom is -0.497 e. The smallest absolute Gasteiger partial charge is 0.248 e. The largest absolute Gasteiger partial charge is 0.497 e. The number of hydrogen-bond acceptors (Lipinski definition) is 4. The van der Waals surface area contributed by atoms with Crippen molar-refractivity contribution in [3.8, 4) is 11.5 Å². The number of halogens is 1. The van der Waals surface area contributed by atoms with Crippen LogP contribution in [0.15, 0.2) is 45.5 Å². The first-order valence-electron chi connectivity index (χ1n) is 6.09. The number of furan rings is 1. The van der Waals surface area contributed by atoms with Gasteiger partial charge >= 0.3 is 0 Å². The van der Waals surface area contributed by atoms with E-state index in [1.807, 2.05) is 0 Å². The fraction of sp³-hybridized carbons (Fsp3) is 0.133. The zero-order chi connectivity index (χ0) is 15.2. The normalized spacial score (nSPS) is 10.6. The maximum atomic E-state index is 11.9. The van der Waals surface area contributed by atoms with Crippen LogP contribution in [0.2, 0.25) is 0 Å². The Kier molecular flexibility index (Phi) is 5.05. The molecule has 0 saturated heterocycles. The molecule has 6 heteroatoms. The van der Waals surface area contributed by atoms with E-state index in [0.717, 1.165) is 0 Å². The highest BCUT2D eigenvalue weighted by Gasteiger charge is 2.07. The highest BCUT2D eigenvalue weighted by atomic mass is 79.9. The molecule has 0 aliphatic carbocycles. The molecular formula is C15H14BrNO4. The standard InChI is InChI=1S/C15H14BrNO4/c1-19-11-3-6-12(13(9-11)20-2)17-15(18)8-5-10-4-7-14(16)21-10/h3-9H,1-2H3,(H,17,18)/b8-5+. The van der Waals surface area contributed by atoms with Crippen molar-refractivity contribution in [3.05, 3.63) is 46.8 Å². The van der Waals surface area contributed by atoms with Gasteiger partial charge in [0.05, 0.1) is 19.9 Å². The molecule has 0 fully saturated rings. The van der Waals surface area contributed by atoms with Gasteiger partial charge in [-0.2, -0.15) is 0 Å². The van der Waals surface area contributed by atoms with Gasteiger partial charge in [0.1, 0.15) is 17.3 Å². The number of ether oxygens (including phenoxy) is 2. The van der Waals surface area contributed by atoms with Crippen LogP contribution in [0, 0.1) is 0 Å². The van der Waals surface area contributed by atoms with E-state index in [0.29, 0.717) is 27.6 Å². The molecule has 2 rings (SSSR count). The van der Waals surface area contributed by atoms with Crippen molar-refractivity contribution in [2.24, 2.45) is 0 Å². The maximum absolute atomic E-state index is 11.9. The lowest BCUT2D eigenvalue weighted by Crippen LogP contribution is -2.08. The molecule has 0 unspecified atom stereocenters. The number of nitrogens with one attached hydrogen (secondary N) is 1. The van der Waals surface area contributed by atoms with Gasteiger partial charge in [-0.3, -0.25) is 4.79 Å². The van der Waals surface area contributed by atoms with Crippen LogP contribution in [-0.2, 0) is 4.79 Å². The molecule has 21 heavy (non-hydrogen) atoms. The first-order chi connectivity index (χ1) is 10.1. The minimum atomic E-state index is -0.286. The quantitative estimate of drug-likeness (QED) is 0.834. The number of methoxy groups -OCH3 is 2. The molecule has 1 heterocycles. The van der Waals surface area contributed by atoms with Gasteiger partial charge in [-0.05, 0) is 46.3 Å². The van der Waals surface area contributed by atoms with E-state index in [9.17, 15) is 4.79 Å². The molecule has 0 bridgehead atoms. The van der Waals surface area contributed by atoms with Gasteiger partial charge in [-0.25, -0.2) is 0 Å². The van der Waals surface area contributed by atoms with E-state index in [2.05, 4.69) is 21.2 Å².